The van der Waals surface area contributed by atoms with Crippen molar-refractivity contribution in [1.82, 2.24) is 0 Å². The van der Waals surface area contributed by atoms with Crippen LogP contribution in [0.4, 0.5) is 0 Å². The molecular weight excluding hydrogens is 383 g/mol. The number of hydrogen-bond donors (Lipinski definition) is 0. The maximum atomic E-state index is 4.08. The third kappa shape index (κ3) is 13.3. The van der Waals surface area contributed by atoms with Gasteiger partial charge in [-0.25, -0.2) is 0 Å². The molecule has 0 saturated heterocycles. The first-order chi connectivity index (χ1) is 11.2. The zero-order chi connectivity index (χ0) is 17.2. The Hall–Kier alpha value is 0.279. The first-order valence-corrected chi connectivity index (χ1v) is 18.5. The van der Waals surface area contributed by atoms with Gasteiger partial charge in [0.1, 0.15) is 0 Å². The molecule has 0 fully saturated rings. The minimum absolute atomic E-state index is 1.36. The van der Waals surface area contributed by atoms with Gasteiger partial charge in [0.05, 0.1) is 0 Å². The predicted molar refractivity (Wildman–Crippen MR) is 112 cm³/mol. The summed E-state index contributed by atoms with van der Waals surface area (Å²) in [5.74, 6) is 0. The molecular formula is C22H44Sn. The average molecular weight is 427 g/mol. The Morgan fingerprint density at radius 2 is 0.913 bits per heavy atom. The normalized spacial score (nSPS) is 11.6. The van der Waals surface area contributed by atoms with Gasteiger partial charge < -0.3 is 0 Å². The first-order valence-electron chi connectivity index (χ1n) is 10.5. The van der Waals surface area contributed by atoms with E-state index in [-0.39, 0.29) is 0 Å². The van der Waals surface area contributed by atoms with Crippen molar-refractivity contribution in [2.75, 3.05) is 0 Å². The summed E-state index contributed by atoms with van der Waals surface area (Å²) in [5, 5.41) is 0. The van der Waals surface area contributed by atoms with Crippen molar-refractivity contribution in [3.63, 3.8) is 0 Å². The van der Waals surface area contributed by atoms with Gasteiger partial charge in [0.15, 0.2) is 0 Å². The topological polar surface area (TPSA) is 0 Å². The van der Waals surface area contributed by atoms with E-state index >= 15 is 0 Å². The number of hydrogen-bond acceptors (Lipinski definition) is 0. The Morgan fingerprint density at radius 1 is 0.565 bits per heavy atom. The van der Waals surface area contributed by atoms with Crippen LogP contribution >= 0.6 is 0 Å². The summed E-state index contributed by atoms with van der Waals surface area (Å²) in [4.78, 5) is 0. The molecule has 0 aromatic rings. The Bertz CT molecular complexity index is 241. The fraction of sp³-hybridized carbons (Fsp3) is 0.818. The van der Waals surface area contributed by atoms with Crippen LogP contribution in [0.25, 0.3) is 0 Å². The monoisotopic (exact) mass is 428 g/mol. The van der Waals surface area contributed by atoms with Gasteiger partial charge in [-0.15, -0.1) is 0 Å². The molecule has 136 valence electrons. The molecule has 0 aromatic carbocycles. The second-order valence-electron chi connectivity index (χ2n) is 7.52. The molecule has 0 aromatic heterocycles. The molecule has 0 aliphatic carbocycles. The van der Waals surface area contributed by atoms with Crippen LogP contribution in [0.5, 0.6) is 0 Å². The number of unbranched alkanes of at least 4 members (excludes halogenated alkanes) is 10. The maximum absolute atomic E-state index is 4.08. The molecule has 0 aliphatic heterocycles. The third-order valence-corrected chi connectivity index (χ3v) is 19.9. The molecule has 0 spiro atoms. The van der Waals surface area contributed by atoms with Crippen LogP contribution in [0.15, 0.2) is 25.3 Å². The van der Waals surface area contributed by atoms with Crippen molar-refractivity contribution in [3.8, 4) is 0 Å². The van der Waals surface area contributed by atoms with Crippen LogP contribution < -0.4 is 0 Å². The van der Waals surface area contributed by atoms with Gasteiger partial charge in [-0.3, -0.25) is 0 Å². The van der Waals surface area contributed by atoms with E-state index in [0.29, 0.717) is 0 Å². The van der Waals surface area contributed by atoms with Gasteiger partial charge in [-0.2, -0.15) is 0 Å². The van der Waals surface area contributed by atoms with Crippen LogP contribution in [0.3, 0.4) is 0 Å². The molecule has 0 bridgehead atoms. The van der Waals surface area contributed by atoms with E-state index in [1.807, 2.05) is 0 Å². The molecule has 0 unspecified atom stereocenters. The van der Waals surface area contributed by atoms with Gasteiger partial charge in [0.25, 0.3) is 0 Å². The van der Waals surface area contributed by atoms with Crippen molar-refractivity contribution in [2.24, 2.45) is 0 Å². The quantitative estimate of drug-likeness (QED) is 0.117. The molecule has 0 saturated carbocycles. The van der Waals surface area contributed by atoms with Crippen LogP contribution in [-0.4, -0.2) is 18.4 Å². The fourth-order valence-electron chi connectivity index (χ4n) is 3.79. The van der Waals surface area contributed by atoms with E-state index in [0.717, 1.165) is 0 Å². The van der Waals surface area contributed by atoms with Crippen molar-refractivity contribution in [2.45, 2.75) is 109 Å². The Kier molecular flexibility index (Phi) is 17.3. The van der Waals surface area contributed by atoms with Gasteiger partial charge in [-0.05, 0) is 0 Å². The van der Waals surface area contributed by atoms with Gasteiger partial charge >= 0.3 is 152 Å². The zero-order valence-corrected chi connectivity index (χ0v) is 19.2. The summed E-state index contributed by atoms with van der Waals surface area (Å²) in [6, 6.07) is 0. The van der Waals surface area contributed by atoms with Crippen molar-refractivity contribution in [1.29, 1.82) is 0 Å². The fourth-order valence-corrected chi connectivity index (χ4v) is 16.5. The minimum atomic E-state index is -2.00. The molecule has 0 N–H and O–H groups in total. The van der Waals surface area contributed by atoms with Crippen molar-refractivity contribution < 1.29 is 0 Å². The Labute approximate surface area is 152 Å². The Morgan fingerprint density at radius 3 is 1.26 bits per heavy atom. The van der Waals surface area contributed by atoms with E-state index in [9.17, 15) is 0 Å². The molecule has 0 aliphatic rings. The van der Waals surface area contributed by atoms with E-state index in [2.05, 4.69) is 39.2 Å². The van der Waals surface area contributed by atoms with Crippen molar-refractivity contribution >= 4 is 18.4 Å². The molecule has 0 nitrogen and oxygen atoms in total. The van der Waals surface area contributed by atoms with Crippen LogP contribution in [0.1, 0.15) is 90.9 Å². The third-order valence-electron chi connectivity index (χ3n) is 5.28. The van der Waals surface area contributed by atoms with Gasteiger partial charge in [0.2, 0.25) is 0 Å². The molecule has 0 heterocycles. The van der Waals surface area contributed by atoms with Crippen LogP contribution in [0, 0.1) is 0 Å². The van der Waals surface area contributed by atoms with E-state index in [4.69, 9.17) is 0 Å². The molecule has 0 radical (unpaired) electrons. The SMILES string of the molecule is C=C[CH2][Sn]([CH2]C=C)([CH2]CCCCCCC)[CH2]CCCCCCC. The molecule has 0 amide bonds. The summed E-state index contributed by atoms with van der Waals surface area (Å²) in [6.07, 6.45) is 21.7. The van der Waals surface area contributed by atoms with Crippen molar-refractivity contribution in [3.05, 3.63) is 25.3 Å². The molecule has 1 heteroatoms. The number of rotatable bonds is 18. The van der Waals surface area contributed by atoms with Gasteiger partial charge in [-0.1, -0.05) is 0 Å². The summed E-state index contributed by atoms with van der Waals surface area (Å²) >= 11 is -2.00. The standard InChI is InChI=1S/2C8H17.2C3H5.Sn/c2*1-3-5-7-8-6-4-2;2*1-3-2;/h2*1,3-8H2,2H3;2*3H,1-2H2;. The number of allylic oxidation sites excluding steroid dienone is 2. The van der Waals surface area contributed by atoms with E-state index in [1.165, 1.54) is 85.9 Å². The van der Waals surface area contributed by atoms with Crippen LogP contribution in [-0.2, 0) is 0 Å². The predicted octanol–water partition coefficient (Wildman–Crippen LogP) is 8.53. The first kappa shape index (κ1) is 23.3. The van der Waals surface area contributed by atoms with Gasteiger partial charge in [0, 0.05) is 0 Å². The Balaban J connectivity index is 4.16. The summed E-state index contributed by atoms with van der Waals surface area (Å²) in [6.45, 7) is 12.8. The molecule has 0 atom stereocenters. The second-order valence-corrected chi connectivity index (χ2v) is 21.3. The summed E-state index contributed by atoms with van der Waals surface area (Å²) < 4.78 is 5.91. The second kappa shape index (κ2) is 17.1. The summed E-state index contributed by atoms with van der Waals surface area (Å²) in [7, 11) is 0. The zero-order valence-electron chi connectivity index (χ0n) is 16.4. The molecule has 0 rings (SSSR count). The molecule has 23 heavy (non-hydrogen) atoms. The average Bonchev–Trinajstić information content (AvgIpc) is 2.54. The van der Waals surface area contributed by atoms with E-state index in [1.54, 1.807) is 8.87 Å². The van der Waals surface area contributed by atoms with Crippen LogP contribution in [0.2, 0.25) is 17.7 Å². The van der Waals surface area contributed by atoms with E-state index < -0.39 is 18.4 Å². The summed E-state index contributed by atoms with van der Waals surface area (Å²) in [5.41, 5.74) is 0.